The number of ether oxygens (including phenoxy) is 1. The largest absolute Gasteiger partial charge is 0.381 e. The van der Waals surface area contributed by atoms with Crippen LogP contribution >= 0.6 is 63.7 Å². The summed E-state index contributed by atoms with van der Waals surface area (Å²) in [5.74, 6) is 0. The van der Waals surface area contributed by atoms with Gasteiger partial charge in [0.25, 0.3) is 20.0 Å². The van der Waals surface area contributed by atoms with Gasteiger partial charge in [0.1, 0.15) is 0 Å². The first-order chi connectivity index (χ1) is 22.7. The van der Waals surface area contributed by atoms with Gasteiger partial charge in [0.2, 0.25) is 0 Å². The van der Waals surface area contributed by atoms with Crippen LogP contribution in [0.3, 0.4) is 0 Å². The van der Waals surface area contributed by atoms with E-state index < -0.39 is 20.0 Å². The summed E-state index contributed by atoms with van der Waals surface area (Å²) < 4.78 is 62.2. The highest BCUT2D eigenvalue weighted by molar-refractivity contribution is 9.11. The summed E-state index contributed by atoms with van der Waals surface area (Å²) in [5.41, 5.74) is 3.31. The minimum absolute atomic E-state index is 0.229. The van der Waals surface area contributed by atoms with Crippen LogP contribution in [0.1, 0.15) is 29.7 Å². The Morgan fingerprint density at radius 1 is 0.646 bits per heavy atom. The Bertz CT molecular complexity index is 2310. The number of fused-ring (bicyclic) bond motifs is 2. The van der Waals surface area contributed by atoms with Crippen LogP contribution in [0.4, 0.5) is 0 Å². The molecule has 0 spiro atoms. The highest BCUT2D eigenvalue weighted by Crippen LogP contribution is 2.30. The van der Waals surface area contributed by atoms with Crippen LogP contribution in [0, 0.1) is 20.8 Å². The van der Waals surface area contributed by atoms with Gasteiger partial charge in [-0.3, -0.25) is 0 Å². The van der Waals surface area contributed by atoms with Gasteiger partial charge in [-0.25, -0.2) is 34.7 Å². The van der Waals surface area contributed by atoms with E-state index in [9.17, 15) is 16.8 Å². The summed E-state index contributed by atoms with van der Waals surface area (Å²) in [6.45, 7) is 7.56. The summed E-state index contributed by atoms with van der Waals surface area (Å²) >= 11 is 13.3. The number of aromatic nitrogens is 4. The SMILES string of the molecule is C1CCOC1.Cc1c(C)n(S(=O)(=O)c2ccc(Br)cc2)c2ncc(Br)cc12.Cc1cn(S(=O)(=O)c2ccc(Br)cc2)c2ncc(Br)cc12. The normalized spacial score (nSPS) is 13.2. The van der Waals surface area contributed by atoms with Gasteiger partial charge in [-0.15, -0.1) is 0 Å². The number of benzene rings is 2. The second-order valence-electron chi connectivity index (χ2n) is 10.9. The fourth-order valence-corrected chi connectivity index (χ4v) is 9.13. The fraction of sp³-hybridized carbons (Fsp3) is 0.212. The van der Waals surface area contributed by atoms with E-state index >= 15 is 0 Å². The van der Waals surface area contributed by atoms with E-state index in [4.69, 9.17) is 4.74 Å². The molecule has 0 N–H and O–H groups in total. The van der Waals surface area contributed by atoms with Crippen LogP contribution in [0.5, 0.6) is 0 Å². The zero-order valence-electron chi connectivity index (χ0n) is 26.0. The number of rotatable bonds is 4. The van der Waals surface area contributed by atoms with E-state index in [0.717, 1.165) is 53.0 Å². The molecule has 0 radical (unpaired) electrons. The molecule has 252 valence electrons. The van der Waals surface area contributed by atoms with Gasteiger partial charge < -0.3 is 4.74 Å². The molecule has 0 atom stereocenters. The Kier molecular flexibility index (Phi) is 11.7. The summed E-state index contributed by atoms with van der Waals surface area (Å²) in [5, 5.41) is 1.64. The van der Waals surface area contributed by atoms with Crippen LogP contribution in [-0.2, 0) is 24.8 Å². The summed E-state index contributed by atoms with van der Waals surface area (Å²) in [6, 6.07) is 16.9. The van der Waals surface area contributed by atoms with Gasteiger partial charge in [0.15, 0.2) is 11.3 Å². The molecule has 0 bridgehead atoms. The van der Waals surface area contributed by atoms with Crippen molar-refractivity contribution in [1.82, 2.24) is 17.9 Å². The van der Waals surface area contributed by atoms with Gasteiger partial charge >= 0.3 is 0 Å². The molecule has 0 aliphatic carbocycles. The summed E-state index contributed by atoms with van der Waals surface area (Å²) in [7, 11) is -7.34. The molecule has 1 saturated heterocycles. The first kappa shape index (κ1) is 36.9. The summed E-state index contributed by atoms with van der Waals surface area (Å²) in [4.78, 5) is 9.00. The van der Waals surface area contributed by atoms with Gasteiger partial charge in [0, 0.05) is 66.2 Å². The molecular weight excluding hydrogens is 916 g/mol. The third-order valence-electron chi connectivity index (χ3n) is 7.60. The molecule has 48 heavy (non-hydrogen) atoms. The number of hydrogen-bond acceptors (Lipinski definition) is 7. The Morgan fingerprint density at radius 3 is 1.62 bits per heavy atom. The molecule has 2 aromatic carbocycles. The van der Waals surface area contributed by atoms with E-state index in [-0.39, 0.29) is 9.79 Å². The van der Waals surface area contributed by atoms with Crippen LogP contribution < -0.4 is 0 Å². The van der Waals surface area contributed by atoms with Crippen molar-refractivity contribution in [1.29, 1.82) is 0 Å². The molecule has 4 aromatic heterocycles. The first-order valence-corrected chi connectivity index (χ1v) is 20.6. The van der Waals surface area contributed by atoms with E-state index in [1.54, 1.807) is 74.0 Å². The lowest BCUT2D eigenvalue weighted by atomic mass is 10.2. The molecule has 9 nitrogen and oxygen atoms in total. The molecule has 6 aromatic rings. The van der Waals surface area contributed by atoms with Crippen molar-refractivity contribution in [3.05, 3.63) is 114 Å². The Morgan fingerprint density at radius 2 is 1.12 bits per heavy atom. The van der Waals surface area contributed by atoms with Gasteiger partial charge in [-0.1, -0.05) is 31.9 Å². The highest BCUT2D eigenvalue weighted by Gasteiger charge is 2.25. The first-order valence-electron chi connectivity index (χ1n) is 14.6. The van der Waals surface area contributed by atoms with E-state index in [0.29, 0.717) is 17.0 Å². The Balaban J connectivity index is 0.000000164. The highest BCUT2D eigenvalue weighted by atomic mass is 79.9. The average molecular weight is 946 g/mol. The topological polar surface area (TPSA) is 113 Å². The quantitative estimate of drug-likeness (QED) is 0.173. The Hall–Kier alpha value is -2.40. The van der Waals surface area contributed by atoms with E-state index in [1.165, 1.54) is 20.8 Å². The van der Waals surface area contributed by atoms with Gasteiger partial charge in [-0.05, 0) is 137 Å². The lowest BCUT2D eigenvalue weighted by Gasteiger charge is -2.09. The van der Waals surface area contributed by atoms with Crippen LogP contribution in [0.15, 0.2) is 107 Å². The standard InChI is InChI=1S/C15H12Br2N2O2S.C14H10Br2N2O2S.C4H8O/c1-9-10(2)19(15-14(9)7-12(17)8-18-15)22(20,21)13-5-3-11(16)4-6-13;1-9-8-18(14-13(9)6-11(16)7-17-14)21(19,20)12-4-2-10(15)3-5-12;1-2-4-5-3-1/h3-8H,1-2H3;2-8H,1H3;1-4H2. The predicted molar refractivity (Wildman–Crippen MR) is 203 cm³/mol. The van der Waals surface area contributed by atoms with E-state index in [1.807, 2.05) is 26.0 Å². The van der Waals surface area contributed by atoms with Gasteiger partial charge in [0.05, 0.1) is 9.79 Å². The van der Waals surface area contributed by atoms with E-state index in [2.05, 4.69) is 73.7 Å². The lowest BCUT2D eigenvalue weighted by Crippen LogP contribution is -2.15. The van der Waals surface area contributed by atoms with Crippen LogP contribution in [-0.4, -0.2) is 48.0 Å². The maximum Gasteiger partial charge on any atom is 0.269 e. The second kappa shape index (κ2) is 15.2. The van der Waals surface area contributed by atoms with Crippen molar-refractivity contribution in [2.75, 3.05) is 13.2 Å². The zero-order valence-corrected chi connectivity index (χ0v) is 34.0. The molecule has 1 aliphatic rings. The molecule has 15 heteroatoms. The number of pyridine rings is 2. The fourth-order valence-electron chi connectivity index (χ4n) is 5.00. The lowest BCUT2D eigenvalue weighted by molar-refractivity contribution is 0.198. The van der Waals surface area contributed by atoms with Crippen molar-refractivity contribution in [2.24, 2.45) is 0 Å². The molecule has 0 amide bonds. The molecule has 5 heterocycles. The molecule has 0 saturated carbocycles. The van der Waals surface area contributed by atoms with Crippen LogP contribution in [0.2, 0.25) is 0 Å². The number of hydrogen-bond donors (Lipinski definition) is 0. The number of halogens is 4. The minimum Gasteiger partial charge on any atom is -0.381 e. The zero-order chi connectivity index (χ0) is 34.8. The number of nitrogens with zero attached hydrogens (tertiary/aromatic N) is 4. The molecule has 1 aliphatic heterocycles. The maximum absolute atomic E-state index is 13.0. The molecule has 0 unspecified atom stereocenters. The van der Waals surface area contributed by atoms with Gasteiger partial charge in [-0.2, -0.15) is 0 Å². The van der Waals surface area contributed by atoms with Crippen molar-refractivity contribution >= 4 is 106 Å². The van der Waals surface area contributed by atoms with Crippen LogP contribution in [0.25, 0.3) is 22.1 Å². The third-order valence-corrected chi connectivity index (χ3v) is 13.0. The van der Waals surface area contributed by atoms with Crippen molar-refractivity contribution in [3.8, 4) is 0 Å². The molecular formula is C33H30Br4N4O5S2. The molecule has 1 fully saturated rings. The monoisotopic (exact) mass is 942 g/mol. The third kappa shape index (κ3) is 7.82. The maximum atomic E-state index is 13.0. The average Bonchev–Trinajstić information content (AvgIpc) is 3.79. The minimum atomic E-state index is -3.69. The molecule has 7 rings (SSSR count). The second-order valence-corrected chi connectivity index (χ2v) is 18.1. The van der Waals surface area contributed by atoms with Crippen molar-refractivity contribution in [2.45, 2.75) is 43.4 Å². The predicted octanol–water partition coefficient (Wildman–Crippen LogP) is 9.32. The smallest absolute Gasteiger partial charge is 0.269 e. The number of aryl methyl sites for hydroxylation is 2. The summed E-state index contributed by atoms with van der Waals surface area (Å²) in [6.07, 6.45) is 7.35. The van der Waals surface area contributed by atoms with Crippen molar-refractivity contribution < 1.29 is 21.6 Å². The Labute approximate surface area is 313 Å². The van der Waals surface area contributed by atoms with Crippen molar-refractivity contribution in [3.63, 3.8) is 0 Å².